The van der Waals surface area contributed by atoms with Crippen LogP contribution in [0, 0.1) is 6.92 Å². The Kier molecular flexibility index (Phi) is 5.05. The van der Waals surface area contributed by atoms with Crippen molar-refractivity contribution in [3.05, 3.63) is 109 Å². The van der Waals surface area contributed by atoms with E-state index in [1.165, 1.54) is 0 Å². The maximum atomic E-state index is 13.3. The van der Waals surface area contributed by atoms with Gasteiger partial charge in [-0.1, -0.05) is 42.5 Å². The second kappa shape index (κ2) is 8.31. The second-order valence-corrected chi connectivity index (χ2v) is 7.32. The molecule has 0 aliphatic heterocycles. The van der Waals surface area contributed by atoms with Crippen LogP contribution in [-0.2, 0) is 0 Å². The lowest BCUT2D eigenvalue weighted by Crippen LogP contribution is -2.13. The molecular weight excluding hydrogens is 400 g/mol. The number of nitrogens with zero attached hydrogens (tertiary/aromatic N) is 5. The standard InChI is InChI=1S/C25H20N6O/c1-18-7-5-6-10-21(18)24-22(16-31(29-24)20-8-3-2-4-9-20)25(32)28-19-11-12-23(27-15-19)30-14-13-26-17-30/h2-17H,1H3,(H,28,32). The largest absolute Gasteiger partial charge is 0.320 e. The Morgan fingerprint density at radius 3 is 2.50 bits per heavy atom. The molecule has 0 bridgehead atoms. The molecule has 7 heteroatoms. The van der Waals surface area contributed by atoms with E-state index < -0.39 is 0 Å². The number of rotatable bonds is 5. The number of para-hydroxylation sites is 1. The number of hydrogen-bond donors (Lipinski definition) is 1. The van der Waals surface area contributed by atoms with Crippen LogP contribution in [0.5, 0.6) is 0 Å². The number of nitrogens with one attached hydrogen (secondary N) is 1. The van der Waals surface area contributed by atoms with E-state index in [9.17, 15) is 4.79 Å². The van der Waals surface area contributed by atoms with Crippen LogP contribution in [0.2, 0.25) is 0 Å². The number of aryl methyl sites for hydroxylation is 1. The molecule has 3 heterocycles. The van der Waals surface area contributed by atoms with Crippen molar-refractivity contribution in [3.8, 4) is 22.8 Å². The lowest BCUT2D eigenvalue weighted by atomic mass is 10.0. The third-order valence-corrected chi connectivity index (χ3v) is 5.15. The third-order valence-electron chi connectivity index (χ3n) is 5.15. The summed E-state index contributed by atoms with van der Waals surface area (Å²) in [5, 5.41) is 7.70. The Morgan fingerprint density at radius 1 is 0.969 bits per heavy atom. The van der Waals surface area contributed by atoms with Gasteiger partial charge in [0.1, 0.15) is 17.8 Å². The van der Waals surface area contributed by atoms with E-state index in [-0.39, 0.29) is 5.91 Å². The molecule has 0 aliphatic carbocycles. The van der Waals surface area contributed by atoms with Crippen molar-refractivity contribution in [1.29, 1.82) is 0 Å². The predicted octanol–water partition coefficient (Wildman–Crippen LogP) is 4.68. The van der Waals surface area contributed by atoms with Gasteiger partial charge in [0.15, 0.2) is 0 Å². The number of carbonyl (C=O) groups excluding carboxylic acids is 1. The molecular formula is C25H20N6O. The topological polar surface area (TPSA) is 77.6 Å². The van der Waals surface area contributed by atoms with Gasteiger partial charge >= 0.3 is 0 Å². The molecule has 0 saturated heterocycles. The van der Waals surface area contributed by atoms with Crippen LogP contribution >= 0.6 is 0 Å². The average Bonchev–Trinajstić information content (AvgIpc) is 3.51. The van der Waals surface area contributed by atoms with Gasteiger partial charge in [0.2, 0.25) is 0 Å². The van der Waals surface area contributed by atoms with Crippen molar-refractivity contribution in [1.82, 2.24) is 24.3 Å². The van der Waals surface area contributed by atoms with Crippen LogP contribution in [0.3, 0.4) is 0 Å². The van der Waals surface area contributed by atoms with Crippen molar-refractivity contribution < 1.29 is 4.79 Å². The van der Waals surface area contributed by atoms with E-state index in [1.54, 1.807) is 34.2 Å². The first kappa shape index (κ1) is 19.4. The number of aromatic nitrogens is 5. The molecule has 0 fully saturated rings. The first-order chi connectivity index (χ1) is 15.7. The molecule has 0 radical (unpaired) electrons. The summed E-state index contributed by atoms with van der Waals surface area (Å²) in [4.78, 5) is 21.7. The van der Waals surface area contributed by atoms with E-state index >= 15 is 0 Å². The lowest BCUT2D eigenvalue weighted by Gasteiger charge is -2.08. The number of imidazole rings is 1. The van der Waals surface area contributed by atoms with Gasteiger partial charge in [0.25, 0.3) is 5.91 Å². The molecule has 5 aromatic rings. The van der Waals surface area contributed by atoms with E-state index in [2.05, 4.69) is 15.3 Å². The summed E-state index contributed by atoms with van der Waals surface area (Å²) in [6.07, 6.45) is 8.57. The SMILES string of the molecule is Cc1ccccc1-c1nn(-c2ccccc2)cc1C(=O)Nc1ccc(-n2ccnc2)nc1. The van der Waals surface area contributed by atoms with Crippen molar-refractivity contribution in [3.63, 3.8) is 0 Å². The van der Waals surface area contributed by atoms with E-state index in [4.69, 9.17) is 5.10 Å². The normalized spacial score (nSPS) is 10.8. The Labute approximate surface area is 185 Å². The highest BCUT2D eigenvalue weighted by Gasteiger charge is 2.20. The second-order valence-electron chi connectivity index (χ2n) is 7.32. The van der Waals surface area contributed by atoms with E-state index in [0.717, 1.165) is 22.6 Å². The van der Waals surface area contributed by atoms with Gasteiger partial charge in [-0.25, -0.2) is 14.6 Å². The van der Waals surface area contributed by atoms with Gasteiger partial charge in [-0.05, 0) is 36.8 Å². The molecule has 156 valence electrons. The summed E-state index contributed by atoms with van der Waals surface area (Å²) in [6, 6.07) is 21.3. The first-order valence-electron chi connectivity index (χ1n) is 10.2. The number of amides is 1. The van der Waals surface area contributed by atoms with Crippen LogP contribution in [0.15, 0.2) is 97.8 Å². The minimum absolute atomic E-state index is 0.248. The zero-order valence-corrected chi connectivity index (χ0v) is 17.4. The average molecular weight is 420 g/mol. The van der Waals surface area contributed by atoms with Gasteiger partial charge < -0.3 is 5.32 Å². The summed E-state index contributed by atoms with van der Waals surface area (Å²) in [5.41, 5.74) is 4.57. The van der Waals surface area contributed by atoms with Crippen LogP contribution in [-0.4, -0.2) is 30.2 Å². The predicted molar refractivity (Wildman–Crippen MR) is 123 cm³/mol. The minimum Gasteiger partial charge on any atom is -0.320 e. The molecule has 0 saturated carbocycles. The van der Waals surface area contributed by atoms with Crippen LogP contribution in [0.4, 0.5) is 5.69 Å². The number of anilines is 1. The molecule has 1 amide bonds. The third kappa shape index (κ3) is 3.79. The Morgan fingerprint density at radius 2 is 1.78 bits per heavy atom. The first-order valence-corrected chi connectivity index (χ1v) is 10.2. The zero-order chi connectivity index (χ0) is 21.9. The van der Waals surface area contributed by atoms with E-state index in [0.29, 0.717) is 16.9 Å². The van der Waals surface area contributed by atoms with Crippen molar-refractivity contribution in [2.75, 3.05) is 5.32 Å². The quantitative estimate of drug-likeness (QED) is 0.448. The van der Waals surface area contributed by atoms with Crippen LogP contribution in [0.1, 0.15) is 15.9 Å². The van der Waals surface area contributed by atoms with Gasteiger partial charge in [-0.2, -0.15) is 5.10 Å². The molecule has 3 aromatic heterocycles. The molecule has 5 rings (SSSR count). The highest BCUT2D eigenvalue weighted by atomic mass is 16.1. The fraction of sp³-hybridized carbons (Fsp3) is 0.0400. The summed E-state index contributed by atoms with van der Waals surface area (Å²) >= 11 is 0. The fourth-order valence-electron chi connectivity index (χ4n) is 3.50. The summed E-state index contributed by atoms with van der Waals surface area (Å²) in [5.74, 6) is 0.473. The maximum absolute atomic E-state index is 13.3. The summed E-state index contributed by atoms with van der Waals surface area (Å²) in [7, 11) is 0. The van der Waals surface area contributed by atoms with Gasteiger partial charge in [-0.15, -0.1) is 0 Å². The molecule has 0 atom stereocenters. The number of hydrogen-bond acceptors (Lipinski definition) is 4. The van der Waals surface area contributed by atoms with Crippen molar-refractivity contribution in [2.24, 2.45) is 0 Å². The smallest absolute Gasteiger partial charge is 0.259 e. The number of pyridine rings is 1. The Bertz CT molecular complexity index is 1360. The molecule has 2 aromatic carbocycles. The molecule has 32 heavy (non-hydrogen) atoms. The zero-order valence-electron chi connectivity index (χ0n) is 17.4. The lowest BCUT2D eigenvalue weighted by molar-refractivity contribution is 0.102. The summed E-state index contributed by atoms with van der Waals surface area (Å²) < 4.78 is 3.53. The van der Waals surface area contributed by atoms with Crippen LogP contribution < -0.4 is 5.32 Å². The monoisotopic (exact) mass is 420 g/mol. The minimum atomic E-state index is -0.248. The molecule has 0 aliphatic rings. The highest BCUT2D eigenvalue weighted by molar-refractivity contribution is 6.08. The van der Waals surface area contributed by atoms with Crippen molar-refractivity contribution in [2.45, 2.75) is 6.92 Å². The number of benzene rings is 2. The molecule has 0 unspecified atom stereocenters. The summed E-state index contributed by atoms with van der Waals surface area (Å²) in [6.45, 7) is 2.01. The number of carbonyl (C=O) groups is 1. The van der Waals surface area contributed by atoms with Gasteiger partial charge in [0.05, 0.1) is 23.1 Å². The molecule has 1 N–H and O–H groups in total. The van der Waals surface area contributed by atoms with Crippen molar-refractivity contribution >= 4 is 11.6 Å². The maximum Gasteiger partial charge on any atom is 0.259 e. The van der Waals surface area contributed by atoms with E-state index in [1.807, 2.05) is 79.9 Å². The molecule has 7 nitrogen and oxygen atoms in total. The Hall–Kier alpha value is -4.52. The Balaban J connectivity index is 1.49. The highest BCUT2D eigenvalue weighted by Crippen LogP contribution is 2.27. The molecule has 0 spiro atoms. The fourth-order valence-corrected chi connectivity index (χ4v) is 3.50. The van der Waals surface area contributed by atoms with Gasteiger partial charge in [-0.3, -0.25) is 9.36 Å². The van der Waals surface area contributed by atoms with Gasteiger partial charge in [0, 0.05) is 24.2 Å². The van der Waals surface area contributed by atoms with Crippen LogP contribution in [0.25, 0.3) is 22.8 Å².